The van der Waals surface area contributed by atoms with Crippen molar-refractivity contribution in [3.05, 3.63) is 71.3 Å². The van der Waals surface area contributed by atoms with Crippen LogP contribution in [0.1, 0.15) is 27.3 Å². The van der Waals surface area contributed by atoms with Crippen LogP contribution >= 0.6 is 12.6 Å². The van der Waals surface area contributed by atoms with E-state index in [1.54, 1.807) is 18.3 Å². The van der Waals surface area contributed by atoms with Gasteiger partial charge in [0.1, 0.15) is 5.69 Å². The molecule has 0 bridgehead atoms. The van der Waals surface area contributed by atoms with Crippen LogP contribution in [0.15, 0.2) is 53.9 Å². The summed E-state index contributed by atoms with van der Waals surface area (Å²) in [7, 11) is 0. The smallest absolute Gasteiger partial charge is 0.361 e. The highest BCUT2D eigenvalue weighted by Crippen LogP contribution is 2.30. The normalized spacial score (nSPS) is 13.3. The molecule has 0 aliphatic carbocycles. The van der Waals surface area contributed by atoms with Crippen molar-refractivity contribution in [1.82, 2.24) is 15.0 Å². The van der Waals surface area contributed by atoms with Crippen LogP contribution in [0.5, 0.6) is 0 Å². The molecule has 0 spiro atoms. The number of anilines is 2. The Bertz CT molecular complexity index is 1070. The molecule has 3 heterocycles. The summed E-state index contributed by atoms with van der Waals surface area (Å²) >= 11 is 4.15. The average Bonchev–Trinajstić information content (AvgIpc) is 3.11. The van der Waals surface area contributed by atoms with Gasteiger partial charge in [-0.25, -0.2) is 9.97 Å². The van der Waals surface area contributed by atoms with Gasteiger partial charge in [-0.05, 0) is 36.4 Å². The van der Waals surface area contributed by atoms with E-state index in [4.69, 9.17) is 0 Å². The van der Waals surface area contributed by atoms with Crippen molar-refractivity contribution in [3.63, 3.8) is 0 Å². The Kier molecular flexibility index (Phi) is 4.87. The maximum atomic E-state index is 12.6. The molecular formula is C19H14F3N5OS. The summed E-state index contributed by atoms with van der Waals surface area (Å²) in [6.07, 6.45) is -1.19. The van der Waals surface area contributed by atoms with E-state index in [1.807, 2.05) is 4.90 Å². The minimum absolute atomic E-state index is 0.152. The van der Waals surface area contributed by atoms with E-state index in [0.717, 1.165) is 29.1 Å². The summed E-state index contributed by atoms with van der Waals surface area (Å²) < 4.78 is 37.9. The molecule has 0 radical (unpaired) electrons. The summed E-state index contributed by atoms with van der Waals surface area (Å²) in [5, 5.41) is 2.96. The van der Waals surface area contributed by atoms with Gasteiger partial charge in [0.25, 0.3) is 5.91 Å². The van der Waals surface area contributed by atoms with Gasteiger partial charge in [-0.15, -0.1) is 12.6 Å². The predicted molar refractivity (Wildman–Crippen MR) is 103 cm³/mol. The Morgan fingerprint density at radius 3 is 2.59 bits per heavy atom. The van der Waals surface area contributed by atoms with Gasteiger partial charge in [0.2, 0.25) is 0 Å². The van der Waals surface area contributed by atoms with Crippen molar-refractivity contribution < 1.29 is 18.0 Å². The monoisotopic (exact) mass is 417 g/mol. The quantitative estimate of drug-likeness (QED) is 0.499. The molecule has 0 unspecified atom stereocenters. The number of pyridine rings is 1. The molecule has 1 aliphatic rings. The first-order valence-electron chi connectivity index (χ1n) is 8.53. The third-order valence-corrected chi connectivity index (χ3v) is 4.67. The average molecular weight is 417 g/mol. The molecule has 0 atom stereocenters. The SMILES string of the molecule is O=C(Nc1ccc(C(F)(F)F)cc1)c1cc(N2Cc3cnc(S)nc3C2)ccn1. The van der Waals surface area contributed by atoms with Crippen molar-refractivity contribution in [2.45, 2.75) is 24.4 Å². The molecule has 0 saturated heterocycles. The summed E-state index contributed by atoms with van der Waals surface area (Å²) in [6.45, 7) is 1.14. The lowest BCUT2D eigenvalue weighted by Crippen LogP contribution is -2.18. The number of nitrogens with zero attached hydrogens (tertiary/aromatic N) is 4. The van der Waals surface area contributed by atoms with E-state index < -0.39 is 17.6 Å². The second kappa shape index (κ2) is 7.36. The van der Waals surface area contributed by atoms with E-state index in [-0.39, 0.29) is 11.4 Å². The first kappa shape index (κ1) is 19.2. The Labute approximate surface area is 169 Å². The zero-order valence-electron chi connectivity index (χ0n) is 14.8. The van der Waals surface area contributed by atoms with Crippen LogP contribution in [0.3, 0.4) is 0 Å². The van der Waals surface area contributed by atoms with Gasteiger partial charge in [0, 0.05) is 35.9 Å². The van der Waals surface area contributed by atoms with Gasteiger partial charge < -0.3 is 10.2 Å². The fourth-order valence-corrected chi connectivity index (χ4v) is 3.18. The third kappa shape index (κ3) is 4.16. The van der Waals surface area contributed by atoms with Gasteiger partial charge in [0.15, 0.2) is 5.16 Å². The number of halogens is 3. The van der Waals surface area contributed by atoms with Crippen LogP contribution in [-0.2, 0) is 19.3 Å². The number of hydrogen-bond donors (Lipinski definition) is 2. The fraction of sp³-hybridized carbons (Fsp3) is 0.158. The van der Waals surface area contributed by atoms with Gasteiger partial charge in [-0.1, -0.05) is 0 Å². The van der Waals surface area contributed by atoms with Crippen LogP contribution < -0.4 is 10.2 Å². The van der Waals surface area contributed by atoms with Crippen molar-refractivity contribution in [1.29, 1.82) is 0 Å². The first-order valence-corrected chi connectivity index (χ1v) is 8.98. The molecule has 1 N–H and O–H groups in total. The lowest BCUT2D eigenvalue weighted by Gasteiger charge is -2.17. The molecular weight excluding hydrogens is 403 g/mol. The Hall–Kier alpha value is -3.14. The fourth-order valence-electron chi connectivity index (χ4n) is 3.00. The molecule has 1 aliphatic heterocycles. The number of alkyl halides is 3. The van der Waals surface area contributed by atoms with Crippen LogP contribution in [0.25, 0.3) is 0 Å². The van der Waals surface area contributed by atoms with E-state index in [0.29, 0.717) is 18.2 Å². The van der Waals surface area contributed by atoms with Crippen molar-refractivity contribution >= 4 is 29.9 Å². The zero-order chi connectivity index (χ0) is 20.6. The Morgan fingerprint density at radius 2 is 1.86 bits per heavy atom. The van der Waals surface area contributed by atoms with Crippen LogP contribution in [-0.4, -0.2) is 20.9 Å². The van der Waals surface area contributed by atoms with Crippen molar-refractivity contribution in [2.24, 2.45) is 0 Å². The van der Waals surface area contributed by atoms with Crippen LogP contribution in [0.2, 0.25) is 0 Å². The molecule has 10 heteroatoms. The van der Waals surface area contributed by atoms with E-state index in [2.05, 4.69) is 32.9 Å². The number of thiol groups is 1. The number of amides is 1. The van der Waals surface area contributed by atoms with Gasteiger partial charge >= 0.3 is 6.18 Å². The lowest BCUT2D eigenvalue weighted by atomic mass is 10.2. The molecule has 1 amide bonds. The highest BCUT2D eigenvalue weighted by Gasteiger charge is 2.30. The Balaban J connectivity index is 1.48. The minimum atomic E-state index is -4.43. The maximum absolute atomic E-state index is 12.6. The predicted octanol–water partition coefficient (Wildman–Crippen LogP) is 3.95. The second-order valence-corrected chi connectivity index (χ2v) is 6.83. The number of fused-ring (bicyclic) bond motifs is 1. The summed E-state index contributed by atoms with van der Waals surface area (Å²) in [4.78, 5) is 26.9. The molecule has 0 saturated carbocycles. The number of rotatable bonds is 3. The molecule has 1 aromatic carbocycles. The topological polar surface area (TPSA) is 71.0 Å². The first-order chi connectivity index (χ1) is 13.8. The number of nitrogens with one attached hydrogen (secondary N) is 1. The highest BCUT2D eigenvalue weighted by atomic mass is 32.1. The largest absolute Gasteiger partial charge is 0.416 e. The third-order valence-electron chi connectivity index (χ3n) is 4.45. The van der Waals surface area contributed by atoms with E-state index in [9.17, 15) is 18.0 Å². The van der Waals surface area contributed by atoms with Crippen molar-refractivity contribution in [2.75, 3.05) is 10.2 Å². The van der Waals surface area contributed by atoms with Crippen molar-refractivity contribution in [3.8, 4) is 0 Å². The van der Waals surface area contributed by atoms with Crippen LogP contribution in [0.4, 0.5) is 24.5 Å². The highest BCUT2D eigenvalue weighted by molar-refractivity contribution is 7.80. The van der Waals surface area contributed by atoms with Gasteiger partial charge in [-0.2, -0.15) is 13.2 Å². The molecule has 3 aromatic rings. The minimum Gasteiger partial charge on any atom is -0.361 e. The molecule has 4 rings (SSSR count). The molecule has 0 fully saturated rings. The molecule has 2 aromatic heterocycles. The number of aromatic nitrogens is 3. The van der Waals surface area contributed by atoms with E-state index >= 15 is 0 Å². The summed E-state index contributed by atoms with van der Waals surface area (Å²) in [6, 6.07) is 7.64. The van der Waals surface area contributed by atoms with Crippen LogP contribution in [0, 0.1) is 0 Å². The molecule has 29 heavy (non-hydrogen) atoms. The summed E-state index contributed by atoms with van der Waals surface area (Å²) in [5.74, 6) is -0.513. The standard InChI is InChI=1S/C19H14F3N5OS/c20-19(21,22)12-1-3-13(4-2-12)25-17(28)15-7-14(5-6-23-15)27-9-11-8-24-18(29)26-16(11)10-27/h1-8H,9-10H2,(H,25,28)(H,24,26,29). The second-order valence-electron chi connectivity index (χ2n) is 6.43. The van der Waals surface area contributed by atoms with Gasteiger partial charge in [-0.3, -0.25) is 9.78 Å². The molecule has 148 valence electrons. The number of carbonyl (C=O) groups excluding carboxylic acids is 1. The van der Waals surface area contributed by atoms with E-state index in [1.165, 1.54) is 18.3 Å². The lowest BCUT2D eigenvalue weighted by molar-refractivity contribution is -0.137. The number of hydrogen-bond acceptors (Lipinski definition) is 6. The van der Waals surface area contributed by atoms with Gasteiger partial charge in [0.05, 0.1) is 17.8 Å². The Morgan fingerprint density at radius 1 is 1.10 bits per heavy atom. The maximum Gasteiger partial charge on any atom is 0.416 e. The zero-order valence-corrected chi connectivity index (χ0v) is 15.7. The summed E-state index contributed by atoms with van der Waals surface area (Å²) in [5.41, 5.74) is 2.25. The number of benzene rings is 1. The molecule has 6 nitrogen and oxygen atoms in total. The number of carbonyl (C=O) groups is 1.